The first kappa shape index (κ1) is 8.75. The lowest BCUT2D eigenvalue weighted by atomic mass is 10.2. The van der Waals surface area contributed by atoms with E-state index in [2.05, 4.69) is 11.4 Å². The van der Waals surface area contributed by atoms with Crippen molar-refractivity contribution in [3.8, 4) is 0 Å². The minimum Gasteiger partial charge on any atom is -0.281 e. The highest BCUT2D eigenvalue weighted by atomic mass is 35.5. The molecular weight excluding hydrogens is 180 g/mol. The van der Waals surface area contributed by atoms with Crippen molar-refractivity contribution in [3.05, 3.63) is 21.9 Å². The molecule has 0 fully saturated rings. The minimum atomic E-state index is -0.254. The van der Waals surface area contributed by atoms with Gasteiger partial charge in [-0.1, -0.05) is 0 Å². The van der Waals surface area contributed by atoms with Crippen molar-refractivity contribution in [1.29, 1.82) is 0 Å². The van der Waals surface area contributed by atoms with Gasteiger partial charge in [0.05, 0.1) is 0 Å². The Morgan fingerprint density at radius 3 is 2.91 bits per heavy atom. The fraction of sp³-hybridized carbons (Fsp3) is 0.375. The Morgan fingerprint density at radius 1 is 1.73 bits per heavy atom. The van der Waals surface area contributed by atoms with Gasteiger partial charge in [-0.2, -0.15) is 0 Å². The van der Waals surface area contributed by atoms with Gasteiger partial charge in [-0.15, -0.1) is 11.3 Å². The summed E-state index contributed by atoms with van der Waals surface area (Å²) in [4.78, 5) is 11.6. The molecule has 60 valence electrons. The van der Waals surface area contributed by atoms with Gasteiger partial charge in [-0.25, -0.2) is 0 Å². The lowest BCUT2D eigenvalue weighted by molar-refractivity contribution is -0.111. The van der Waals surface area contributed by atoms with E-state index < -0.39 is 0 Å². The lowest BCUT2D eigenvalue weighted by Gasteiger charge is -1.89. The Bertz CT molecular complexity index is 254. The maximum atomic E-state index is 10.4. The van der Waals surface area contributed by atoms with E-state index in [4.69, 9.17) is 11.6 Å². The largest absolute Gasteiger partial charge is 0.281 e. The second-order valence-corrected chi connectivity index (χ2v) is 3.86. The standard InChI is InChI=1S/C8H9ClOS/c1-6-4-7(11-5-6)2-3-8(9)10/h4-5H,2-3H2,1H3. The Kier molecular flexibility index (Phi) is 3.09. The van der Waals surface area contributed by atoms with Gasteiger partial charge in [0.25, 0.3) is 0 Å². The molecule has 0 atom stereocenters. The number of hydrogen-bond acceptors (Lipinski definition) is 2. The summed E-state index contributed by atoms with van der Waals surface area (Å²) in [6.07, 6.45) is 1.22. The van der Waals surface area contributed by atoms with Crippen molar-refractivity contribution < 1.29 is 4.79 Å². The van der Waals surface area contributed by atoms with Crippen molar-refractivity contribution >= 4 is 28.2 Å². The Labute approximate surface area is 75.0 Å². The smallest absolute Gasteiger partial charge is 0.221 e. The highest BCUT2D eigenvalue weighted by Crippen LogP contribution is 2.15. The first-order valence-electron chi connectivity index (χ1n) is 3.41. The molecule has 1 rings (SSSR count). The fourth-order valence-corrected chi connectivity index (χ4v) is 1.82. The molecule has 0 N–H and O–H groups in total. The summed E-state index contributed by atoms with van der Waals surface area (Å²) in [5, 5.41) is 1.82. The predicted octanol–water partition coefficient (Wildman–Crippen LogP) is 2.75. The molecule has 1 aromatic heterocycles. The number of hydrogen-bond donors (Lipinski definition) is 0. The molecular formula is C8H9ClOS. The zero-order valence-corrected chi connectivity index (χ0v) is 7.84. The molecule has 0 aliphatic heterocycles. The molecule has 0 aliphatic rings. The van der Waals surface area contributed by atoms with E-state index in [1.54, 1.807) is 11.3 Å². The van der Waals surface area contributed by atoms with Crippen molar-refractivity contribution in [3.63, 3.8) is 0 Å². The van der Waals surface area contributed by atoms with Crippen LogP contribution in [0, 0.1) is 6.92 Å². The second-order valence-electron chi connectivity index (χ2n) is 2.45. The third-order valence-electron chi connectivity index (χ3n) is 1.35. The summed E-state index contributed by atoms with van der Waals surface area (Å²) in [5.74, 6) is 0. The van der Waals surface area contributed by atoms with E-state index in [1.807, 2.05) is 6.92 Å². The van der Waals surface area contributed by atoms with Gasteiger partial charge < -0.3 is 0 Å². The first-order valence-corrected chi connectivity index (χ1v) is 4.66. The van der Waals surface area contributed by atoms with Gasteiger partial charge in [-0.05, 0) is 42.0 Å². The summed E-state index contributed by atoms with van der Waals surface area (Å²) in [5.41, 5.74) is 1.26. The third-order valence-corrected chi connectivity index (χ3v) is 2.66. The van der Waals surface area contributed by atoms with E-state index in [0.29, 0.717) is 6.42 Å². The molecule has 0 saturated heterocycles. The lowest BCUT2D eigenvalue weighted by Crippen LogP contribution is -1.88. The van der Waals surface area contributed by atoms with Crippen molar-refractivity contribution in [2.24, 2.45) is 0 Å². The van der Waals surface area contributed by atoms with Gasteiger partial charge in [0, 0.05) is 11.3 Å². The van der Waals surface area contributed by atoms with Gasteiger partial charge in [0.2, 0.25) is 5.24 Å². The number of aryl methyl sites for hydroxylation is 2. The average molecular weight is 189 g/mol. The molecule has 0 spiro atoms. The Morgan fingerprint density at radius 2 is 2.45 bits per heavy atom. The highest BCUT2D eigenvalue weighted by Gasteiger charge is 1.99. The number of carbonyl (C=O) groups excluding carboxylic acids is 1. The summed E-state index contributed by atoms with van der Waals surface area (Å²) in [7, 11) is 0. The number of halogens is 1. The molecule has 11 heavy (non-hydrogen) atoms. The molecule has 1 heterocycles. The molecule has 1 nitrogen and oxygen atoms in total. The van der Waals surface area contributed by atoms with Gasteiger partial charge >= 0.3 is 0 Å². The molecule has 0 saturated carbocycles. The molecule has 0 radical (unpaired) electrons. The number of thiophene rings is 1. The fourth-order valence-electron chi connectivity index (χ4n) is 0.843. The minimum absolute atomic E-state index is 0.254. The van der Waals surface area contributed by atoms with Crippen LogP contribution >= 0.6 is 22.9 Å². The maximum Gasteiger partial charge on any atom is 0.221 e. The number of rotatable bonds is 3. The van der Waals surface area contributed by atoms with E-state index in [-0.39, 0.29) is 5.24 Å². The molecule has 0 aliphatic carbocycles. The second kappa shape index (κ2) is 3.88. The maximum absolute atomic E-state index is 10.4. The third kappa shape index (κ3) is 3.04. The molecule has 1 aromatic rings. The van der Waals surface area contributed by atoms with Crippen LogP contribution in [0.2, 0.25) is 0 Å². The van der Waals surface area contributed by atoms with Crippen LogP contribution in [-0.4, -0.2) is 5.24 Å². The van der Waals surface area contributed by atoms with Gasteiger partial charge in [0.15, 0.2) is 0 Å². The normalized spacial score (nSPS) is 10.0. The molecule has 3 heteroatoms. The van der Waals surface area contributed by atoms with Crippen LogP contribution in [0.15, 0.2) is 11.4 Å². The summed E-state index contributed by atoms with van der Waals surface area (Å²) < 4.78 is 0. The van der Waals surface area contributed by atoms with Crippen LogP contribution in [0.1, 0.15) is 16.9 Å². The van der Waals surface area contributed by atoms with Crippen LogP contribution < -0.4 is 0 Å². The zero-order chi connectivity index (χ0) is 8.27. The van der Waals surface area contributed by atoms with Crippen molar-refractivity contribution in [2.45, 2.75) is 19.8 Å². The number of carbonyl (C=O) groups is 1. The molecule has 0 unspecified atom stereocenters. The van der Waals surface area contributed by atoms with Gasteiger partial charge in [-0.3, -0.25) is 4.79 Å². The van der Waals surface area contributed by atoms with E-state index in [9.17, 15) is 4.79 Å². The van der Waals surface area contributed by atoms with Gasteiger partial charge in [0.1, 0.15) is 0 Å². The van der Waals surface area contributed by atoms with E-state index in [0.717, 1.165) is 6.42 Å². The highest BCUT2D eigenvalue weighted by molar-refractivity contribution is 7.10. The van der Waals surface area contributed by atoms with Crippen molar-refractivity contribution in [1.82, 2.24) is 0 Å². The van der Waals surface area contributed by atoms with Crippen LogP contribution in [0.3, 0.4) is 0 Å². The van der Waals surface area contributed by atoms with Crippen LogP contribution in [-0.2, 0) is 11.2 Å². The SMILES string of the molecule is Cc1csc(CCC(=O)Cl)c1. The predicted molar refractivity (Wildman–Crippen MR) is 48.2 cm³/mol. The summed E-state index contributed by atoms with van der Waals surface area (Å²) in [6, 6.07) is 2.09. The van der Waals surface area contributed by atoms with Crippen molar-refractivity contribution in [2.75, 3.05) is 0 Å². The Hall–Kier alpha value is -0.340. The zero-order valence-electron chi connectivity index (χ0n) is 6.26. The molecule has 0 aromatic carbocycles. The van der Waals surface area contributed by atoms with Crippen LogP contribution in [0.5, 0.6) is 0 Å². The van der Waals surface area contributed by atoms with E-state index in [1.165, 1.54) is 10.4 Å². The quantitative estimate of drug-likeness (QED) is 0.667. The van der Waals surface area contributed by atoms with Crippen LogP contribution in [0.4, 0.5) is 0 Å². The van der Waals surface area contributed by atoms with Crippen LogP contribution in [0.25, 0.3) is 0 Å². The monoisotopic (exact) mass is 188 g/mol. The average Bonchev–Trinajstić information content (AvgIpc) is 2.31. The summed E-state index contributed by atoms with van der Waals surface area (Å²) >= 11 is 6.88. The molecule has 0 amide bonds. The summed E-state index contributed by atoms with van der Waals surface area (Å²) in [6.45, 7) is 2.04. The topological polar surface area (TPSA) is 17.1 Å². The van der Waals surface area contributed by atoms with E-state index >= 15 is 0 Å². The first-order chi connectivity index (χ1) is 5.18. The Balaban J connectivity index is 2.45. The molecule has 0 bridgehead atoms.